The molecule has 0 aromatic heterocycles. The average molecular weight is 563 g/mol. The minimum absolute atomic E-state index is 0.0462. The van der Waals surface area contributed by atoms with Crippen molar-refractivity contribution in [1.82, 2.24) is 8.61 Å². The van der Waals surface area contributed by atoms with Crippen LogP contribution in [0.1, 0.15) is 19.8 Å². The Morgan fingerprint density at radius 3 is 2.06 bits per heavy atom. The molecule has 0 aliphatic carbocycles. The number of hydrogen-bond acceptors (Lipinski definition) is 6. The van der Waals surface area contributed by atoms with Crippen molar-refractivity contribution >= 4 is 48.9 Å². The summed E-state index contributed by atoms with van der Waals surface area (Å²) >= 11 is 12.0. The third-order valence-electron chi connectivity index (χ3n) is 6.46. The molecule has 0 N–H and O–H groups in total. The quantitative estimate of drug-likeness (QED) is 0.531. The van der Waals surface area contributed by atoms with Crippen LogP contribution < -0.4 is 9.64 Å². The van der Waals surface area contributed by atoms with Gasteiger partial charge < -0.3 is 9.64 Å². The molecule has 2 heterocycles. The van der Waals surface area contributed by atoms with Crippen molar-refractivity contribution in [1.29, 1.82) is 0 Å². The summed E-state index contributed by atoms with van der Waals surface area (Å²) in [4.78, 5) is 2.21. The van der Waals surface area contributed by atoms with Gasteiger partial charge in [0.25, 0.3) is 0 Å². The molecule has 0 spiro atoms. The Morgan fingerprint density at radius 1 is 0.829 bits per heavy atom. The molecular weight excluding hydrogens is 533 g/mol. The van der Waals surface area contributed by atoms with Crippen molar-refractivity contribution in [2.75, 3.05) is 51.3 Å². The van der Waals surface area contributed by atoms with Crippen molar-refractivity contribution in [2.24, 2.45) is 5.92 Å². The lowest BCUT2D eigenvalue weighted by Gasteiger charge is -2.36. The van der Waals surface area contributed by atoms with Gasteiger partial charge in [0.1, 0.15) is 5.75 Å². The first kappa shape index (κ1) is 26.5. The van der Waals surface area contributed by atoms with E-state index in [1.54, 1.807) is 22.5 Å². The van der Waals surface area contributed by atoms with Gasteiger partial charge in [-0.2, -0.15) is 8.61 Å². The second kappa shape index (κ2) is 10.4. The molecule has 0 amide bonds. The minimum Gasteiger partial charge on any atom is -0.495 e. The number of halogens is 2. The van der Waals surface area contributed by atoms with Crippen molar-refractivity contribution in [3.05, 3.63) is 46.4 Å². The number of benzene rings is 2. The second-order valence-electron chi connectivity index (χ2n) is 8.94. The molecule has 2 aromatic carbocycles. The first-order chi connectivity index (χ1) is 16.5. The number of anilines is 1. The van der Waals surface area contributed by atoms with Crippen LogP contribution in [-0.2, 0) is 20.0 Å². The fraction of sp³-hybridized carbons (Fsp3) is 0.478. The number of hydrogen-bond donors (Lipinski definition) is 0. The van der Waals surface area contributed by atoms with E-state index in [2.05, 4.69) is 6.92 Å². The van der Waals surface area contributed by atoms with Crippen LogP contribution in [0.2, 0.25) is 10.0 Å². The normalized spacial score (nSPS) is 20.7. The highest BCUT2D eigenvalue weighted by molar-refractivity contribution is 7.89. The fourth-order valence-electron chi connectivity index (χ4n) is 4.59. The number of ether oxygens (including phenoxy) is 1. The first-order valence-corrected chi connectivity index (χ1v) is 15.1. The maximum Gasteiger partial charge on any atom is 0.243 e. The van der Waals surface area contributed by atoms with Gasteiger partial charge in [0.15, 0.2) is 0 Å². The van der Waals surface area contributed by atoms with Gasteiger partial charge in [0.2, 0.25) is 20.0 Å². The van der Waals surface area contributed by atoms with Crippen molar-refractivity contribution < 1.29 is 21.6 Å². The van der Waals surface area contributed by atoms with Crippen molar-refractivity contribution in [2.45, 2.75) is 29.6 Å². The number of nitrogens with zero attached hydrogens (tertiary/aromatic N) is 3. The highest BCUT2D eigenvalue weighted by Crippen LogP contribution is 2.34. The maximum absolute atomic E-state index is 13.3. The lowest BCUT2D eigenvalue weighted by molar-refractivity contribution is 0.281. The van der Waals surface area contributed by atoms with Crippen LogP contribution in [0.5, 0.6) is 5.75 Å². The van der Waals surface area contributed by atoms with Crippen LogP contribution in [0.25, 0.3) is 0 Å². The van der Waals surface area contributed by atoms with Crippen LogP contribution in [-0.4, -0.2) is 71.8 Å². The summed E-state index contributed by atoms with van der Waals surface area (Å²) in [6.07, 6.45) is 1.87. The van der Waals surface area contributed by atoms with E-state index in [-0.39, 0.29) is 32.9 Å². The minimum atomic E-state index is -3.78. The van der Waals surface area contributed by atoms with Gasteiger partial charge >= 0.3 is 0 Å². The Balaban J connectivity index is 1.55. The second-order valence-corrected chi connectivity index (χ2v) is 13.7. The zero-order chi connectivity index (χ0) is 25.4. The van der Waals surface area contributed by atoms with Crippen LogP contribution in [0, 0.1) is 5.92 Å². The molecular formula is C23H29Cl2N3O5S2. The van der Waals surface area contributed by atoms with Gasteiger partial charge in [-0.15, -0.1) is 0 Å². The molecule has 2 fully saturated rings. The number of piperidine rings is 1. The smallest absolute Gasteiger partial charge is 0.243 e. The lowest BCUT2D eigenvalue weighted by atomic mass is 10.0. The van der Waals surface area contributed by atoms with E-state index in [9.17, 15) is 16.8 Å². The molecule has 0 unspecified atom stereocenters. The zero-order valence-corrected chi connectivity index (χ0v) is 22.8. The number of sulfonamides is 2. The summed E-state index contributed by atoms with van der Waals surface area (Å²) in [6, 6.07) is 9.11. The molecule has 0 saturated carbocycles. The molecule has 1 atom stereocenters. The predicted octanol–water partition coefficient (Wildman–Crippen LogP) is 3.93. The summed E-state index contributed by atoms with van der Waals surface area (Å²) in [5.41, 5.74) is 0.626. The van der Waals surface area contributed by atoms with Gasteiger partial charge in [-0.3, -0.25) is 0 Å². The molecule has 35 heavy (non-hydrogen) atoms. The third-order valence-corrected chi connectivity index (χ3v) is 10.6. The molecule has 8 nitrogen and oxygen atoms in total. The largest absolute Gasteiger partial charge is 0.495 e. The standard InChI is InChI=1S/C23H29Cl2N3O5S2/c1-17-4-3-7-28(16-17)34(29,30)20-5-6-23(33-2)22(15-20)26-8-10-27(11-9-26)35(31,32)21-13-18(24)12-19(25)14-21/h5-6,12-15,17H,3-4,7-11,16H2,1-2H3/t17-/m1/s1. The summed E-state index contributed by atoms with van der Waals surface area (Å²) in [5.74, 6) is 0.856. The van der Waals surface area contributed by atoms with Gasteiger partial charge in [-0.1, -0.05) is 30.1 Å². The number of methoxy groups -OCH3 is 1. The van der Waals surface area contributed by atoms with Gasteiger partial charge in [0, 0.05) is 49.3 Å². The van der Waals surface area contributed by atoms with E-state index in [0.717, 1.165) is 12.8 Å². The molecule has 192 valence electrons. The highest BCUT2D eigenvalue weighted by atomic mass is 35.5. The van der Waals surface area contributed by atoms with Crippen LogP contribution in [0.15, 0.2) is 46.2 Å². The predicted molar refractivity (Wildman–Crippen MR) is 138 cm³/mol. The molecule has 0 bridgehead atoms. The van der Waals surface area contributed by atoms with Crippen LogP contribution in [0.3, 0.4) is 0 Å². The molecule has 0 radical (unpaired) electrons. The summed E-state index contributed by atoms with van der Waals surface area (Å²) in [5, 5.41) is 0.501. The summed E-state index contributed by atoms with van der Waals surface area (Å²) < 4.78 is 61.3. The molecule has 12 heteroatoms. The molecule has 2 aliphatic rings. The average Bonchev–Trinajstić information content (AvgIpc) is 2.83. The van der Waals surface area contributed by atoms with Gasteiger partial charge in [-0.25, -0.2) is 16.8 Å². The van der Waals surface area contributed by atoms with E-state index < -0.39 is 20.0 Å². The van der Waals surface area contributed by atoms with Gasteiger partial charge in [-0.05, 0) is 55.2 Å². The van der Waals surface area contributed by atoms with Crippen LogP contribution in [0.4, 0.5) is 5.69 Å². The Kier molecular flexibility index (Phi) is 7.90. The third kappa shape index (κ3) is 5.57. The zero-order valence-electron chi connectivity index (χ0n) is 19.7. The SMILES string of the molecule is COc1ccc(S(=O)(=O)N2CCC[C@@H](C)C2)cc1N1CCN(S(=O)(=O)c2cc(Cl)cc(Cl)c2)CC1. The monoisotopic (exact) mass is 561 g/mol. The van der Waals surface area contributed by atoms with Gasteiger partial charge in [0.05, 0.1) is 22.6 Å². The Morgan fingerprint density at radius 2 is 1.46 bits per heavy atom. The first-order valence-electron chi connectivity index (χ1n) is 11.4. The van der Waals surface area contributed by atoms with E-state index in [0.29, 0.717) is 43.5 Å². The molecule has 2 aliphatic heterocycles. The Hall–Kier alpha value is -1.56. The fourth-order valence-corrected chi connectivity index (χ4v) is 8.36. The number of piperazine rings is 1. The van der Waals surface area contributed by atoms with Crippen LogP contribution >= 0.6 is 23.2 Å². The van der Waals surface area contributed by atoms with Crippen molar-refractivity contribution in [3.63, 3.8) is 0 Å². The van der Waals surface area contributed by atoms with Crippen molar-refractivity contribution in [3.8, 4) is 5.75 Å². The van der Waals surface area contributed by atoms with E-state index in [1.165, 1.54) is 29.6 Å². The number of rotatable bonds is 6. The molecule has 2 aromatic rings. The topological polar surface area (TPSA) is 87.2 Å². The Labute approximate surface area is 217 Å². The highest BCUT2D eigenvalue weighted by Gasteiger charge is 2.32. The van der Waals surface area contributed by atoms with E-state index in [1.807, 2.05) is 4.90 Å². The Bertz CT molecular complexity index is 1280. The molecule has 4 rings (SSSR count). The van der Waals surface area contributed by atoms with E-state index in [4.69, 9.17) is 27.9 Å². The molecule has 2 saturated heterocycles. The lowest BCUT2D eigenvalue weighted by Crippen LogP contribution is -2.48. The maximum atomic E-state index is 13.3. The summed E-state index contributed by atoms with van der Waals surface area (Å²) in [6.45, 7) is 4.26. The van der Waals surface area contributed by atoms with E-state index >= 15 is 0 Å². The summed E-state index contributed by atoms with van der Waals surface area (Å²) in [7, 11) is -5.88.